The molecule has 1 aliphatic rings. The second kappa shape index (κ2) is 4.92. The van der Waals surface area contributed by atoms with Crippen LogP contribution in [0.2, 0.25) is 0 Å². The monoisotopic (exact) mass is 293 g/mol. The van der Waals surface area contributed by atoms with Gasteiger partial charge in [0.05, 0.1) is 25.9 Å². The van der Waals surface area contributed by atoms with E-state index >= 15 is 0 Å². The highest BCUT2D eigenvalue weighted by atomic mass is 32.2. The molecule has 0 radical (unpaired) electrons. The summed E-state index contributed by atoms with van der Waals surface area (Å²) in [7, 11) is -2.09. The van der Waals surface area contributed by atoms with Crippen molar-refractivity contribution in [2.75, 3.05) is 13.7 Å². The van der Waals surface area contributed by atoms with E-state index in [1.165, 1.54) is 11.4 Å². The fraction of sp³-hybridized carbons (Fsp3) is 0.308. The molecular weight excluding hydrogens is 278 g/mol. The summed E-state index contributed by atoms with van der Waals surface area (Å²) in [4.78, 5) is 0.204. The summed E-state index contributed by atoms with van der Waals surface area (Å²) >= 11 is 0. The molecule has 106 valence electrons. The zero-order valence-corrected chi connectivity index (χ0v) is 11.9. The fourth-order valence-corrected chi connectivity index (χ4v) is 3.90. The van der Waals surface area contributed by atoms with Crippen molar-refractivity contribution in [3.05, 3.63) is 42.2 Å². The third-order valence-corrected chi connectivity index (χ3v) is 5.28. The Morgan fingerprint density at radius 1 is 1.20 bits per heavy atom. The fourth-order valence-electron chi connectivity index (χ4n) is 2.34. The van der Waals surface area contributed by atoms with Crippen molar-refractivity contribution in [3.8, 4) is 5.75 Å². The number of methoxy groups -OCH3 is 1. The van der Waals surface area contributed by atoms with E-state index in [2.05, 4.69) is 5.10 Å². The first kappa shape index (κ1) is 13.1. The lowest BCUT2D eigenvalue weighted by Gasteiger charge is -2.27. The van der Waals surface area contributed by atoms with Gasteiger partial charge in [0, 0.05) is 12.7 Å². The Bertz CT molecular complexity index is 724. The summed E-state index contributed by atoms with van der Waals surface area (Å²) in [5, 5.41) is 4.15. The molecule has 6 nitrogen and oxygen atoms in total. The number of aromatic nitrogens is 2. The molecule has 0 bridgehead atoms. The third kappa shape index (κ3) is 2.08. The number of nitrogens with zero attached hydrogens (tertiary/aromatic N) is 3. The lowest BCUT2D eigenvalue weighted by molar-refractivity contribution is 0.324. The average molecular weight is 293 g/mol. The molecule has 3 rings (SSSR count). The van der Waals surface area contributed by atoms with Gasteiger partial charge in [-0.15, -0.1) is 0 Å². The maximum atomic E-state index is 12.7. The first-order valence-electron chi connectivity index (χ1n) is 6.27. The first-order valence-corrected chi connectivity index (χ1v) is 7.71. The minimum atomic E-state index is -3.56. The van der Waals surface area contributed by atoms with Crippen LogP contribution in [0.1, 0.15) is 5.69 Å². The molecule has 1 aliphatic heterocycles. The molecule has 0 unspecified atom stereocenters. The number of hydrogen-bond acceptors (Lipinski definition) is 4. The maximum absolute atomic E-state index is 12.7. The molecule has 0 atom stereocenters. The Kier molecular flexibility index (Phi) is 3.23. The van der Waals surface area contributed by atoms with Crippen LogP contribution in [0.15, 0.2) is 41.4 Å². The van der Waals surface area contributed by atoms with Gasteiger partial charge in [0.1, 0.15) is 10.6 Å². The van der Waals surface area contributed by atoms with Gasteiger partial charge in [-0.2, -0.15) is 9.40 Å². The van der Waals surface area contributed by atoms with Crippen LogP contribution in [0, 0.1) is 0 Å². The van der Waals surface area contributed by atoms with Crippen LogP contribution >= 0.6 is 0 Å². The molecule has 2 heterocycles. The summed E-state index contributed by atoms with van der Waals surface area (Å²) in [6.07, 6.45) is 1.69. The Labute approximate surface area is 117 Å². The minimum Gasteiger partial charge on any atom is -0.495 e. The highest BCUT2D eigenvalue weighted by molar-refractivity contribution is 7.89. The second-order valence-electron chi connectivity index (χ2n) is 4.54. The molecule has 0 saturated carbocycles. The predicted molar refractivity (Wildman–Crippen MR) is 72.8 cm³/mol. The van der Waals surface area contributed by atoms with Crippen molar-refractivity contribution in [2.45, 2.75) is 18.0 Å². The van der Waals surface area contributed by atoms with Gasteiger partial charge in [-0.25, -0.2) is 8.42 Å². The predicted octanol–water partition coefficient (Wildman–Crippen LogP) is 1.10. The Morgan fingerprint density at radius 2 is 2.00 bits per heavy atom. The van der Waals surface area contributed by atoms with Crippen LogP contribution in [0.5, 0.6) is 5.75 Å². The number of sulfonamides is 1. The van der Waals surface area contributed by atoms with Crippen LogP contribution in [0.25, 0.3) is 0 Å². The highest BCUT2D eigenvalue weighted by Crippen LogP contribution is 2.28. The molecule has 20 heavy (non-hydrogen) atoms. The molecule has 0 fully saturated rings. The second-order valence-corrected chi connectivity index (χ2v) is 6.44. The van der Waals surface area contributed by atoms with E-state index in [1.807, 2.05) is 10.7 Å². The van der Waals surface area contributed by atoms with Crippen LogP contribution in [-0.2, 0) is 23.1 Å². The van der Waals surface area contributed by atoms with E-state index in [9.17, 15) is 8.42 Å². The van der Waals surface area contributed by atoms with E-state index in [-0.39, 0.29) is 4.90 Å². The molecule has 0 aliphatic carbocycles. The highest BCUT2D eigenvalue weighted by Gasteiger charge is 2.30. The average Bonchev–Trinajstić information content (AvgIpc) is 2.94. The number of benzene rings is 1. The lowest BCUT2D eigenvalue weighted by atomic mass is 10.3. The Balaban J connectivity index is 1.97. The molecule has 0 amide bonds. The normalized spacial score (nSPS) is 15.8. The van der Waals surface area contributed by atoms with Crippen LogP contribution < -0.4 is 4.74 Å². The molecule has 1 aromatic heterocycles. The molecule has 7 heteroatoms. The van der Waals surface area contributed by atoms with E-state index < -0.39 is 10.0 Å². The number of hydrogen-bond donors (Lipinski definition) is 0. The van der Waals surface area contributed by atoms with Crippen LogP contribution in [0.3, 0.4) is 0 Å². The zero-order chi connectivity index (χ0) is 14.2. The smallest absolute Gasteiger partial charge is 0.247 e. The SMILES string of the molecule is COc1ccccc1S(=O)(=O)N1CCn2nccc2C1. The number of ether oxygens (including phenoxy) is 1. The van der Waals surface area contributed by atoms with Gasteiger partial charge in [0.2, 0.25) is 10.0 Å². The summed E-state index contributed by atoms with van der Waals surface area (Å²) in [5.74, 6) is 0.367. The third-order valence-electron chi connectivity index (χ3n) is 3.39. The van der Waals surface area contributed by atoms with Gasteiger partial charge in [-0.05, 0) is 18.2 Å². The quantitative estimate of drug-likeness (QED) is 0.850. The summed E-state index contributed by atoms with van der Waals surface area (Å²) in [6, 6.07) is 8.51. The Hall–Kier alpha value is -1.86. The lowest BCUT2D eigenvalue weighted by Crippen LogP contribution is -2.38. The maximum Gasteiger partial charge on any atom is 0.247 e. The first-order chi connectivity index (χ1) is 9.63. The molecule has 0 spiro atoms. The molecule has 2 aromatic rings. The van der Waals surface area contributed by atoms with Gasteiger partial charge in [0.25, 0.3) is 0 Å². The zero-order valence-electron chi connectivity index (χ0n) is 11.1. The topological polar surface area (TPSA) is 64.4 Å². The van der Waals surface area contributed by atoms with E-state index in [0.717, 1.165) is 5.69 Å². The number of fused-ring (bicyclic) bond motifs is 1. The van der Waals surface area contributed by atoms with Gasteiger partial charge in [-0.3, -0.25) is 4.68 Å². The summed E-state index contributed by atoms with van der Waals surface area (Å²) in [6.45, 7) is 1.31. The van der Waals surface area contributed by atoms with Crippen molar-refractivity contribution < 1.29 is 13.2 Å². The van der Waals surface area contributed by atoms with Crippen molar-refractivity contribution >= 4 is 10.0 Å². The van der Waals surface area contributed by atoms with E-state index in [0.29, 0.717) is 25.4 Å². The van der Waals surface area contributed by atoms with Gasteiger partial charge in [-0.1, -0.05) is 12.1 Å². The molecule has 1 aromatic carbocycles. The van der Waals surface area contributed by atoms with Gasteiger partial charge < -0.3 is 4.74 Å². The number of rotatable bonds is 3. The standard InChI is InChI=1S/C13H15N3O3S/c1-19-12-4-2-3-5-13(12)20(17,18)15-8-9-16-11(10-15)6-7-14-16/h2-7H,8-10H2,1H3. The van der Waals surface area contributed by atoms with Crippen molar-refractivity contribution in [3.63, 3.8) is 0 Å². The Morgan fingerprint density at radius 3 is 2.80 bits per heavy atom. The van der Waals surface area contributed by atoms with Crippen molar-refractivity contribution in [1.29, 1.82) is 0 Å². The molecule has 0 saturated heterocycles. The van der Waals surface area contributed by atoms with E-state index in [1.54, 1.807) is 30.5 Å². The largest absolute Gasteiger partial charge is 0.495 e. The van der Waals surface area contributed by atoms with Gasteiger partial charge in [0.15, 0.2) is 0 Å². The summed E-state index contributed by atoms with van der Waals surface area (Å²) < 4.78 is 33.9. The number of para-hydroxylation sites is 1. The van der Waals surface area contributed by atoms with E-state index in [4.69, 9.17) is 4.74 Å². The molecule has 0 N–H and O–H groups in total. The van der Waals surface area contributed by atoms with Crippen molar-refractivity contribution in [2.24, 2.45) is 0 Å². The van der Waals surface area contributed by atoms with Crippen LogP contribution in [0.4, 0.5) is 0 Å². The molecular formula is C13H15N3O3S. The van der Waals surface area contributed by atoms with Crippen LogP contribution in [-0.4, -0.2) is 36.2 Å². The minimum absolute atomic E-state index is 0.204. The summed E-state index contributed by atoms with van der Waals surface area (Å²) in [5.41, 5.74) is 0.898. The van der Waals surface area contributed by atoms with Gasteiger partial charge >= 0.3 is 0 Å². The van der Waals surface area contributed by atoms with Crippen molar-refractivity contribution in [1.82, 2.24) is 14.1 Å².